The molecule has 0 atom stereocenters. The third-order valence-corrected chi connectivity index (χ3v) is 4.53. The Balaban J connectivity index is 1.47. The molecule has 0 aliphatic heterocycles. The van der Waals surface area contributed by atoms with Crippen molar-refractivity contribution in [3.8, 4) is 5.75 Å². The van der Waals surface area contributed by atoms with Gasteiger partial charge in [-0.2, -0.15) is 5.10 Å². The minimum atomic E-state index is -0.455. The largest absolute Gasteiger partial charge is 0.484 e. The maximum Gasteiger partial charge on any atom is 0.269 e. The number of ether oxygens (including phenoxy) is 1. The first-order chi connectivity index (χ1) is 14.9. The fourth-order valence-corrected chi connectivity index (χ4v) is 2.65. The number of rotatable bonds is 8. The van der Waals surface area contributed by atoms with E-state index in [4.69, 9.17) is 4.74 Å². The SMILES string of the molecule is Cc1ccc(NC(=O)COc2ccc(C=NNc3ccc([N+](=O)[O-])cc3)cc2)cc1C. The Hall–Kier alpha value is -4.20. The normalized spacial score (nSPS) is 10.6. The molecule has 0 aromatic heterocycles. The molecular formula is C23H22N4O4. The highest BCUT2D eigenvalue weighted by atomic mass is 16.6. The fraction of sp³-hybridized carbons (Fsp3) is 0.130. The van der Waals surface area contributed by atoms with Crippen molar-refractivity contribution in [1.29, 1.82) is 0 Å². The second kappa shape index (κ2) is 10.0. The van der Waals surface area contributed by atoms with Crippen LogP contribution >= 0.6 is 0 Å². The van der Waals surface area contributed by atoms with Crippen LogP contribution in [-0.2, 0) is 4.79 Å². The van der Waals surface area contributed by atoms with Crippen molar-refractivity contribution in [2.24, 2.45) is 5.10 Å². The summed E-state index contributed by atoms with van der Waals surface area (Å²) < 4.78 is 5.53. The van der Waals surface area contributed by atoms with Crippen molar-refractivity contribution >= 4 is 29.2 Å². The van der Waals surface area contributed by atoms with Gasteiger partial charge in [0.25, 0.3) is 11.6 Å². The van der Waals surface area contributed by atoms with E-state index in [1.165, 1.54) is 17.7 Å². The molecule has 31 heavy (non-hydrogen) atoms. The molecule has 0 unspecified atom stereocenters. The molecule has 0 saturated carbocycles. The van der Waals surface area contributed by atoms with E-state index in [1.54, 1.807) is 42.6 Å². The Labute approximate surface area is 179 Å². The zero-order chi connectivity index (χ0) is 22.2. The molecule has 0 aliphatic carbocycles. The Bertz CT molecular complexity index is 1090. The Morgan fingerprint density at radius 3 is 2.32 bits per heavy atom. The number of amides is 1. The predicted octanol–water partition coefficient (Wildman–Crippen LogP) is 4.68. The number of carbonyl (C=O) groups excluding carboxylic acids is 1. The molecule has 3 aromatic rings. The summed E-state index contributed by atoms with van der Waals surface area (Å²) in [5.74, 6) is 0.330. The predicted molar refractivity (Wildman–Crippen MR) is 121 cm³/mol. The lowest BCUT2D eigenvalue weighted by Crippen LogP contribution is -2.20. The third-order valence-electron chi connectivity index (χ3n) is 4.53. The molecule has 0 aliphatic rings. The number of hydrazone groups is 1. The lowest BCUT2D eigenvalue weighted by atomic mass is 10.1. The van der Waals surface area contributed by atoms with Crippen molar-refractivity contribution in [2.45, 2.75) is 13.8 Å². The monoisotopic (exact) mass is 418 g/mol. The minimum Gasteiger partial charge on any atom is -0.484 e. The number of nitrogens with zero attached hydrogens (tertiary/aromatic N) is 2. The van der Waals surface area contributed by atoms with Gasteiger partial charge in [0.2, 0.25) is 0 Å². The highest BCUT2D eigenvalue weighted by Crippen LogP contribution is 2.16. The number of hydrogen-bond acceptors (Lipinski definition) is 6. The molecule has 0 fully saturated rings. The number of aryl methyl sites for hydroxylation is 2. The molecule has 0 saturated heterocycles. The maximum absolute atomic E-state index is 12.1. The van der Waals surface area contributed by atoms with Gasteiger partial charge in [0.1, 0.15) is 5.75 Å². The van der Waals surface area contributed by atoms with Crippen LogP contribution in [0.1, 0.15) is 16.7 Å². The summed E-state index contributed by atoms with van der Waals surface area (Å²) >= 11 is 0. The van der Waals surface area contributed by atoms with Gasteiger partial charge in [-0.25, -0.2) is 0 Å². The average molecular weight is 418 g/mol. The van der Waals surface area contributed by atoms with E-state index in [0.717, 1.165) is 16.8 Å². The summed E-state index contributed by atoms with van der Waals surface area (Å²) in [4.78, 5) is 22.3. The van der Waals surface area contributed by atoms with Crippen LogP contribution < -0.4 is 15.5 Å². The molecule has 3 rings (SSSR count). The molecule has 8 nitrogen and oxygen atoms in total. The van der Waals surface area contributed by atoms with Crippen LogP contribution in [0.5, 0.6) is 5.75 Å². The number of nitro benzene ring substituents is 1. The fourth-order valence-electron chi connectivity index (χ4n) is 2.65. The van der Waals surface area contributed by atoms with Gasteiger partial charge in [0.15, 0.2) is 6.61 Å². The molecule has 1 amide bonds. The van der Waals surface area contributed by atoms with Gasteiger partial charge >= 0.3 is 0 Å². The molecule has 8 heteroatoms. The van der Waals surface area contributed by atoms with E-state index in [0.29, 0.717) is 11.4 Å². The summed E-state index contributed by atoms with van der Waals surface area (Å²) in [5, 5.41) is 17.6. The van der Waals surface area contributed by atoms with E-state index in [2.05, 4.69) is 15.8 Å². The van der Waals surface area contributed by atoms with Crippen LogP contribution in [0.15, 0.2) is 71.8 Å². The second-order valence-corrected chi connectivity index (χ2v) is 6.88. The summed E-state index contributed by atoms with van der Waals surface area (Å²) in [6, 6.07) is 18.8. The summed E-state index contributed by atoms with van der Waals surface area (Å²) in [6.45, 7) is 3.92. The van der Waals surface area contributed by atoms with Crippen LogP contribution in [0, 0.1) is 24.0 Å². The van der Waals surface area contributed by atoms with Gasteiger partial charge in [-0.3, -0.25) is 20.3 Å². The highest BCUT2D eigenvalue weighted by Gasteiger charge is 2.05. The average Bonchev–Trinajstić information content (AvgIpc) is 2.76. The zero-order valence-corrected chi connectivity index (χ0v) is 17.2. The number of nitrogens with one attached hydrogen (secondary N) is 2. The number of nitro groups is 1. The smallest absolute Gasteiger partial charge is 0.269 e. The minimum absolute atomic E-state index is 0.0211. The van der Waals surface area contributed by atoms with Gasteiger partial charge in [-0.15, -0.1) is 0 Å². The number of hydrogen-bond donors (Lipinski definition) is 2. The van der Waals surface area contributed by atoms with Crippen molar-refractivity contribution in [3.63, 3.8) is 0 Å². The summed E-state index contributed by atoms with van der Waals surface area (Å²) in [5.41, 5.74) is 7.30. The lowest BCUT2D eigenvalue weighted by molar-refractivity contribution is -0.384. The second-order valence-electron chi connectivity index (χ2n) is 6.88. The molecule has 0 heterocycles. The molecule has 0 spiro atoms. The topological polar surface area (TPSA) is 106 Å². The Kier molecular flexibility index (Phi) is 6.95. The quantitative estimate of drug-likeness (QED) is 0.314. The Morgan fingerprint density at radius 1 is 1.00 bits per heavy atom. The van der Waals surface area contributed by atoms with E-state index in [1.807, 2.05) is 32.0 Å². The van der Waals surface area contributed by atoms with Crippen LogP contribution in [0.2, 0.25) is 0 Å². The molecule has 3 aromatic carbocycles. The zero-order valence-electron chi connectivity index (χ0n) is 17.2. The lowest BCUT2D eigenvalue weighted by Gasteiger charge is -2.09. The first-order valence-electron chi connectivity index (χ1n) is 9.54. The first kappa shape index (κ1) is 21.5. The highest BCUT2D eigenvalue weighted by molar-refractivity contribution is 5.92. The van der Waals surface area contributed by atoms with E-state index < -0.39 is 4.92 Å². The standard InChI is InChI=1S/C23H22N4O4/c1-16-3-6-20(13-17(16)2)25-23(28)15-31-22-11-4-18(5-12-22)14-24-26-19-7-9-21(10-8-19)27(29)30/h3-14,26H,15H2,1-2H3,(H,25,28). The molecule has 158 valence electrons. The van der Waals surface area contributed by atoms with Gasteiger partial charge < -0.3 is 10.1 Å². The van der Waals surface area contributed by atoms with Gasteiger partial charge in [0, 0.05) is 17.8 Å². The molecule has 0 radical (unpaired) electrons. The van der Waals surface area contributed by atoms with E-state index in [9.17, 15) is 14.9 Å². The van der Waals surface area contributed by atoms with E-state index in [-0.39, 0.29) is 18.2 Å². The van der Waals surface area contributed by atoms with Crippen LogP contribution in [0.3, 0.4) is 0 Å². The van der Waals surface area contributed by atoms with Gasteiger partial charge in [-0.1, -0.05) is 6.07 Å². The summed E-state index contributed by atoms with van der Waals surface area (Å²) in [6.07, 6.45) is 1.61. The number of carbonyl (C=O) groups is 1. The van der Waals surface area contributed by atoms with Crippen LogP contribution in [0.4, 0.5) is 17.1 Å². The number of benzene rings is 3. The maximum atomic E-state index is 12.1. The summed E-state index contributed by atoms with van der Waals surface area (Å²) in [7, 11) is 0. The van der Waals surface area contributed by atoms with E-state index >= 15 is 0 Å². The van der Waals surface area contributed by atoms with Crippen molar-refractivity contribution in [1.82, 2.24) is 0 Å². The van der Waals surface area contributed by atoms with Crippen molar-refractivity contribution < 1.29 is 14.5 Å². The van der Waals surface area contributed by atoms with Gasteiger partial charge in [0.05, 0.1) is 16.8 Å². The molecule has 2 N–H and O–H groups in total. The van der Waals surface area contributed by atoms with Crippen molar-refractivity contribution in [3.05, 3.63) is 93.5 Å². The van der Waals surface area contributed by atoms with Gasteiger partial charge in [-0.05, 0) is 79.1 Å². The van der Waals surface area contributed by atoms with Crippen LogP contribution in [0.25, 0.3) is 0 Å². The molecule has 0 bridgehead atoms. The number of anilines is 2. The first-order valence-corrected chi connectivity index (χ1v) is 9.54. The van der Waals surface area contributed by atoms with Crippen molar-refractivity contribution in [2.75, 3.05) is 17.3 Å². The van der Waals surface area contributed by atoms with Crippen LogP contribution in [-0.4, -0.2) is 23.7 Å². The number of non-ortho nitro benzene ring substituents is 1. The third kappa shape index (κ3) is 6.40. The Morgan fingerprint density at radius 2 is 1.68 bits per heavy atom. The molecular weight excluding hydrogens is 396 g/mol.